The van der Waals surface area contributed by atoms with Crippen molar-refractivity contribution in [3.8, 4) is 11.3 Å². The van der Waals surface area contributed by atoms with Crippen LogP contribution in [0.4, 0.5) is 0 Å². The Labute approximate surface area is 88.0 Å². The van der Waals surface area contributed by atoms with E-state index < -0.39 is 0 Å². The van der Waals surface area contributed by atoms with E-state index in [1.54, 1.807) is 13.1 Å². The Kier molecular flexibility index (Phi) is 2.37. The molecule has 0 aliphatic heterocycles. The van der Waals surface area contributed by atoms with Crippen molar-refractivity contribution in [3.63, 3.8) is 0 Å². The van der Waals surface area contributed by atoms with Crippen LogP contribution in [0, 0.1) is 13.0 Å². The zero-order chi connectivity index (χ0) is 10.8. The molecule has 0 unspecified atom stereocenters. The summed E-state index contributed by atoms with van der Waals surface area (Å²) in [5.74, 6) is 0. The molecule has 1 heterocycles. The number of benzene rings is 1. The summed E-state index contributed by atoms with van der Waals surface area (Å²) < 4.78 is 1.33. The van der Waals surface area contributed by atoms with Crippen molar-refractivity contribution in [1.82, 2.24) is 9.78 Å². The second-order valence-corrected chi connectivity index (χ2v) is 3.44. The molecule has 3 nitrogen and oxygen atoms in total. The van der Waals surface area contributed by atoms with Gasteiger partial charge in [-0.05, 0) is 30.7 Å². The van der Waals surface area contributed by atoms with E-state index in [4.69, 9.17) is 0 Å². The largest absolute Gasteiger partial charge is 0.268 e. The van der Waals surface area contributed by atoms with E-state index in [0.717, 1.165) is 16.8 Å². The molecule has 1 aromatic carbocycles. The Morgan fingerprint density at radius 1 is 1.27 bits per heavy atom. The molecule has 0 aliphatic rings. The topological polar surface area (TPSA) is 34.9 Å². The van der Waals surface area contributed by atoms with Gasteiger partial charge in [-0.15, -0.1) is 0 Å². The maximum atomic E-state index is 11.1. The Balaban J connectivity index is 2.50. The molecule has 0 bridgehead atoms. The van der Waals surface area contributed by atoms with Gasteiger partial charge < -0.3 is 0 Å². The first kappa shape index (κ1) is 9.65. The average molecular weight is 199 g/mol. The number of rotatable bonds is 1. The van der Waals surface area contributed by atoms with E-state index >= 15 is 0 Å². The molecule has 0 saturated carbocycles. The molecule has 0 fully saturated rings. The third-order valence-corrected chi connectivity index (χ3v) is 2.22. The quantitative estimate of drug-likeness (QED) is 0.698. The summed E-state index contributed by atoms with van der Waals surface area (Å²) in [5, 5.41) is 4.16. The van der Waals surface area contributed by atoms with Crippen LogP contribution in [0.2, 0.25) is 0 Å². The van der Waals surface area contributed by atoms with Crippen LogP contribution >= 0.6 is 0 Å². The molecule has 0 spiro atoms. The lowest BCUT2D eigenvalue weighted by molar-refractivity contribution is 0.712. The Morgan fingerprint density at radius 2 is 2.07 bits per heavy atom. The molecule has 0 saturated heterocycles. The number of hydrogen-bond acceptors (Lipinski definition) is 2. The third kappa shape index (κ3) is 1.96. The van der Waals surface area contributed by atoms with Gasteiger partial charge >= 0.3 is 0 Å². The first-order chi connectivity index (χ1) is 7.16. The van der Waals surface area contributed by atoms with Gasteiger partial charge in [0.1, 0.15) is 0 Å². The van der Waals surface area contributed by atoms with Crippen LogP contribution < -0.4 is 5.56 Å². The highest BCUT2D eigenvalue weighted by Gasteiger charge is 2.00. The Hall–Kier alpha value is -1.90. The predicted octanol–water partition coefficient (Wildman–Crippen LogP) is 1.56. The minimum Gasteiger partial charge on any atom is -0.268 e. The molecule has 1 aromatic heterocycles. The summed E-state index contributed by atoms with van der Waals surface area (Å²) in [7, 11) is 1.64. The van der Waals surface area contributed by atoms with Crippen LogP contribution in [0.1, 0.15) is 5.56 Å². The fourth-order valence-electron chi connectivity index (χ4n) is 1.32. The van der Waals surface area contributed by atoms with E-state index in [1.807, 2.05) is 25.1 Å². The summed E-state index contributed by atoms with van der Waals surface area (Å²) in [6.07, 6.45) is 0. The summed E-state index contributed by atoms with van der Waals surface area (Å²) in [4.78, 5) is 11.1. The van der Waals surface area contributed by atoms with Gasteiger partial charge in [-0.1, -0.05) is 12.1 Å². The van der Waals surface area contributed by atoms with Gasteiger partial charge in [-0.2, -0.15) is 5.10 Å². The van der Waals surface area contributed by atoms with Crippen LogP contribution in [0.3, 0.4) is 0 Å². The van der Waals surface area contributed by atoms with Gasteiger partial charge in [0, 0.05) is 18.7 Å². The van der Waals surface area contributed by atoms with Crippen LogP contribution in [0.15, 0.2) is 35.1 Å². The minimum absolute atomic E-state index is 0.102. The number of hydrogen-bond donors (Lipinski definition) is 0. The summed E-state index contributed by atoms with van der Waals surface area (Å²) in [5.41, 5.74) is 2.74. The van der Waals surface area contributed by atoms with Gasteiger partial charge in [0.2, 0.25) is 0 Å². The molecule has 0 amide bonds. The van der Waals surface area contributed by atoms with E-state index in [-0.39, 0.29) is 5.56 Å². The van der Waals surface area contributed by atoms with Crippen molar-refractivity contribution in [3.05, 3.63) is 52.3 Å². The van der Waals surface area contributed by atoms with Crippen molar-refractivity contribution in [1.29, 1.82) is 0 Å². The molecule has 0 atom stereocenters. The van der Waals surface area contributed by atoms with E-state index in [2.05, 4.69) is 11.2 Å². The highest BCUT2D eigenvalue weighted by atomic mass is 16.1. The highest BCUT2D eigenvalue weighted by molar-refractivity contribution is 5.58. The zero-order valence-electron chi connectivity index (χ0n) is 8.69. The molecule has 0 aliphatic carbocycles. The second-order valence-electron chi connectivity index (χ2n) is 3.44. The van der Waals surface area contributed by atoms with Crippen molar-refractivity contribution >= 4 is 0 Å². The number of nitrogens with zero attached hydrogens (tertiary/aromatic N) is 2. The zero-order valence-corrected chi connectivity index (χ0v) is 8.69. The molecule has 2 aromatic rings. The van der Waals surface area contributed by atoms with Crippen LogP contribution in [0.25, 0.3) is 11.3 Å². The number of aryl methyl sites for hydroxylation is 2. The fraction of sp³-hybridized carbons (Fsp3) is 0.167. The van der Waals surface area contributed by atoms with Crippen LogP contribution in [-0.2, 0) is 7.05 Å². The maximum Gasteiger partial charge on any atom is 0.266 e. The van der Waals surface area contributed by atoms with Gasteiger partial charge in [-0.25, -0.2) is 4.68 Å². The fourth-order valence-corrected chi connectivity index (χ4v) is 1.32. The lowest BCUT2D eigenvalue weighted by Crippen LogP contribution is -2.18. The second kappa shape index (κ2) is 3.69. The summed E-state index contributed by atoms with van der Waals surface area (Å²) in [6.45, 7) is 1.98. The lowest BCUT2D eigenvalue weighted by Gasteiger charge is -2.02. The standard InChI is InChI=1S/C12H11N2O/c1-9-3-5-10(6-4-9)11-7-8-12(15)14(2)13-11/h3,5-8H,1-2H3. The maximum absolute atomic E-state index is 11.1. The molecule has 3 heteroatoms. The van der Waals surface area contributed by atoms with Gasteiger partial charge in [0.15, 0.2) is 0 Å². The summed E-state index contributed by atoms with van der Waals surface area (Å²) in [6, 6.07) is 12.2. The van der Waals surface area contributed by atoms with Crippen LogP contribution in [0.5, 0.6) is 0 Å². The van der Waals surface area contributed by atoms with E-state index in [9.17, 15) is 4.79 Å². The molecular weight excluding hydrogens is 188 g/mol. The molecule has 15 heavy (non-hydrogen) atoms. The molecular formula is C12H11N2O. The monoisotopic (exact) mass is 199 g/mol. The predicted molar refractivity (Wildman–Crippen MR) is 58.5 cm³/mol. The Morgan fingerprint density at radius 3 is 2.67 bits per heavy atom. The van der Waals surface area contributed by atoms with Gasteiger partial charge in [0.05, 0.1) is 5.69 Å². The average Bonchev–Trinajstić information content (AvgIpc) is 2.23. The van der Waals surface area contributed by atoms with Gasteiger partial charge in [0.25, 0.3) is 5.56 Å². The van der Waals surface area contributed by atoms with Crippen molar-refractivity contribution in [2.24, 2.45) is 7.05 Å². The van der Waals surface area contributed by atoms with E-state index in [0.29, 0.717) is 0 Å². The molecule has 2 rings (SSSR count). The van der Waals surface area contributed by atoms with Crippen molar-refractivity contribution in [2.75, 3.05) is 0 Å². The number of aromatic nitrogens is 2. The molecule has 75 valence electrons. The van der Waals surface area contributed by atoms with Crippen molar-refractivity contribution < 1.29 is 0 Å². The van der Waals surface area contributed by atoms with Crippen molar-refractivity contribution in [2.45, 2.75) is 6.92 Å². The normalized spacial score (nSPS) is 10.3. The van der Waals surface area contributed by atoms with E-state index in [1.165, 1.54) is 10.7 Å². The third-order valence-electron chi connectivity index (χ3n) is 2.22. The molecule has 0 N–H and O–H groups in total. The van der Waals surface area contributed by atoms with Gasteiger partial charge in [-0.3, -0.25) is 4.79 Å². The minimum atomic E-state index is -0.102. The smallest absolute Gasteiger partial charge is 0.266 e. The lowest BCUT2D eigenvalue weighted by atomic mass is 10.1. The first-order valence-electron chi connectivity index (χ1n) is 4.70. The highest BCUT2D eigenvalue weighted by Crippen LogP contribution is 2.14. The Bertz CT molecular complexity index is 526. The SMILES string of the molecule is Cc1[c]cc(-c2ccc(=O)n(C)n2)cc1. The molecule has 1 radical (unpaired) electrons. The van der Waals surface area contributed by atoms with Crippen LogP contribution in [-0.4, -0.2) is 9.78 Å². The first-order valence-corrected chi connectivity index (χ1v) is 4.70. The summed E-state index contributed by atoms with van der Waals surface area (Å²) >= 11 is 0.